The summed E-state index contributed by atoms with van der Waals surface area (Å²) in [5, 5.41) is 5.82. The van der Waals surface area contributed by atoms with Gasteiger partial charge in [-0.2, -0.15) is 0 Å². The Morgan fingerprint density at radius 3 is 3.05 bits per heavy atom. The number of thiazole rings is 1. The third-order valence-electron chi connectivity index (χ3n) is 4.87. The third-order valence-corrected chi connectivity index (χ3v) is 5.64. The molecule has 2 unspecified atom stereocenters. The summed E-state index contributed by atoms with van der Waals surface area (Å²) in [6, 6.07) is 0.623. The highest BCUT2D eigenvalue weighted by atomic mass is 32.1. The zero-order valence-corrected chi connectivity index (χ0v) is 14.1. The zero-order chi connectivity index (χ0) is 14.9. The molecule has 2 aromatic heterocycles. The Morgan fingerprint density at radius 2 is 2.33 bits per heavy atom. The van der Waals surface area contributed by atoms with Crippen LogP contribution >= 0.6 is 11.3 Å². The van der Waals surface area contributed by atoms with E-state index in [0.29, 0.717) is 6.04 Å². The topological polar surface area (TPSA) is 32.6 Å². The van der Waals surface area contributed by atoms with Crippen LogP contribution in [-0.2, 0) is 6.54 Å². The molecule has 1 N–H and O–H groups in total. The van der Waals surface area contributed by atoms with Crippen LogP contribution in [0.25, 0.3) is 4.96 Å². The fraction of sp³-hybridized carbons (Fsp3) is 0.688. The highest BCUT2D eigenvalue weighted by Gasteiger charge is 2.36. The van der Waals surface area contributed by atoms with Crippen molar-refractivity contribution in [1.82, 2.24) is 19.6 Å². The lowest BCUT2D eigenvalue weighted by Gasteiger charge is -2.47. The monoisotopic (exact) mass is 306 g/mol. The van der Waals surface area contributed by atoms with Crippen LogP contribution in [0.3, 0.4) is 0 Å². The van der Waals surface area contributed by atoms with E-state index in [2.05, 4.69) is 53.2 Å². The lowest BCUT2D eigenvalue weighted by atomic mass is 9.91. The number of rotatable bonds is 5. The Hall–Kier alpha value is -0.910. The van der Waals surface area contributed by atoms with Crippen LogP contribution in [0.15, 0.2) is 17.8 Å². The molecule has 2 aromatic rings. The molecule has 1 fully saturated rings. The first-order valence-corrected chi connectivity index (χ1v) is 8.92. The van der Waals surface area contributed by atoms with Crippen LogP contribution in [0.1, 0.15) is 45.7 Å². The van der Waals surface area contributed by atoms with Crippen molar-refractivity contribution in [2.45, 2.75) is 58.2 Å². The third kappa shape index (κ3) is 3.00. The molecule has 1 saturated heterocycles. The summed E-state index contributed by atoms with van der Waals surface area (Å²) in [5.74, 6) is 0. The van der Waals surface area contributed by atoms with E-state index < -0.39 is 0 Å². The molecule has 3 heterocycles. The van der Waals surface area contributed by atoms with Gasteiger partial charge in [-0.3, -0.25) is 9.30 Å². The van der Waals surface area contributed by atoms with Crippen LogP contribution in [0, 0.1) is 0 Å². The van der Waals surface area contributed by atoms with Crippen LogP contribution in [0.2, 0.25) is 0 Å². The minimum absolute atomic E-state index is 0.237. The van der Waals surface area contributed by atoms with Crippen molar-refractivity contribution in [3.05, 3.63) is 23.5 Å². The zero-order valence-electron chi connectivity index (χ0n) is 13.3. The molecular weight excluding hydrogens is 280 g/mol. The van der Waals surface area contributed by atoms with Crippen molar-refractivity contribution in [2.24, 2.45) is 0 Å². The average molecular weight is 306 g/mol. The predicted octanol–water partition coefficient (Wildman–Crippen LogP) is 3.14. The normalized spacial score (nSPS) is 27.5. The number of hydrogen-bond donors (Lipinski definition) is 1. The van der Waals surface area contributed by atoms with Gasteiger partial charge in [-0.1, -0.05) is 20.3 Å². The summed E-state index contributed by atoms with van der Waals surface area (Å²) in [7, 11) is 0. The van der Waals surface area contributed by atoms with Gasteiger partial charge in [0, 0.05) is 49.0 Å². The van der Waals surface area contributed by atoms with E-state index in [4.69, 9.17) is 4.98 Å². The van der Waals surface area contributed by atoms with Crippen molar-refractivity contribution in [1.29, 1.82) is 0 Å². The van der Waals surface area contributed by atoms with Crippen molar-refractivity contribution in [2.75, 3.05) is 13.1 Å². The number of nitrogens with zero attached hydrogens (tertiary/aromatic N) is 3. The number of nitrogens with one attached hydrogen (secondary N) is 1. The smallest absolute Gasteiger partial charge is 0.193 e. The van der Waals surface area contributed by atoms with Gasteiger partial charge in [0.15, 0.2) is 4.96 Å². The summed E-state index contributed by atoms with van der Waals surface area (Å²) in [6.45, 7) is 10.1. The minimum Gasteiger partial charge on any atom is -0.311 e. The number of imidazole rings is 1. The molecule has 0 amide bonds. The second-order valence-electron chi connectivity index (χ2n) is 6.42. The number of fused-ring (bicyclic) bond motifs is 1. The van der Waals surface area contributed by atoms with Crippen LogP contribution in [-0.4, -0.2) is 39.0 Å². The van der Waals surface area contributed by atoms with Crippen LogP contribution < -0.4 is 5.32 Å². The Labute approximate surface area is 131 Å². The highest BCUT2D eigenvalue weighted by Crippen LogP contribution is 2.26. The number of aromatic nitrogens is 2. The van der Waals surface area contributed by atoms with E-state index in [9.17, 15) is 0 Å². The van der Waals surface area contributed by atoms with E-state index in [0.717, 1.165) is 24.6 Å². The Morgan fingerprint density at radius 1 is 1.48 bits per heavy atom. The molecule has 21 heavy (non-hydrogen) atoms. The van der Waals surface area contributed by atoms with Crippen molar-refractivity contribution in [3.63, 3.8) is 0 Å². The van der Waals surface area contributed by atoms with E-state index in [1.54, 1.807) is 11.3 Å². The first kappa shape index (κ1) is 15.0. The maximum atomic E-state index is 4.76. The average Bonchev–Trinajstić information content (AvgIpc) is 3.04. The first-order valence-electron chi connectivity index (χ1n) is 8.04. The van der Waals surface area contributed by atoms with Gasteiger partial charge in [-0.15, -0.1) is 11.3 Å². The Bertz CT molecular complexity index is 561. The van der Waals surface area contributed by atoms with Crippen molar-refractivity contribution < 1.29 is 0 Å². The maximum absolute atomic E-state index is 4.76. The van der Waals surface area contributed by atoms with Crippen LogP contribution in [0.5, 0.6) is 0 Å². The maximum Gasteiger partial charge on any atom is 0.193 e. The molecule has 0 aromatic carbocycles. The fourth-order valence-corrected chi connectivity index (χ4v) is 3.94. The summed E-state index contributed by atoms with van der Waals surface area (Å²) in [5.41, 5.74) is 1.43. The second kappa shape index (κ2) is 6.07. The number of piperazine rings is 1. The largest absolute Gasteiger partial charge is 0.311 e. The SMILES string of the molecule is CCCC1CN(Cc2cn3ccsc3n2)C(C)(CC)CN1. The lowest BCUT2D eigenvalue weighted by molar-refractivity contribution is 0.0387. The quantitative estimate of drug-likeness (QED) is 0.921. The molecular formula is C16H26N4S. The second-order valence-corrected chi connectivity index (χ2v) is 7.30. The molecule has 1 aliphatic rings. The summed E-state index contributed by atoms with van der Waals surface area (Å²) in [4.78, 5) is 8.49. The summed E-state index contributed by atoms with van der Waals surface area (Å²) < 4.78 is 2.13. The number of hydrogen-bond acceptors (Lipinski definition) is 4. The van der Waals surface area contributed by atoms with Gasteiger partial charge >= 0.3 is 0 Å². The molecule has 1 aliphatic heterocycles. The predicted molar refractivity (Wildman–Crippen MR) is 88.9 cm³/mol. The van der Waals surface area contributed by atoms with E-state index in [1.165, 1.54) is 25.0 Å². The molecule has 5 heteroatoms. The van der Waals surface area contributed by atoms with Gasteiger partial charge in [0.2, 0.25) is 0 Å². The molecule has 2 atom stereocenters. The molecule has 4 nitrogen and oxygen atoms in total. The molecule has 3 rings (SSSR count). The molecule has 0 bridgehead atoms. The molecule has 0 saturated carbocycles. The standard InChI is InChI=1S/C16H26N4S/c1-4-6-13-10-20(16(3,5-2)12-17-13)11-14-9-19-7-8-21-15(19)18-14/h7-9,13,17H,4-6,10-12H2,1-3H3. The van der Waals surface area contributed by atoms with Gasteiger partial charge in [-0.05, 0) is 19.8 Å². The van der Waals surface area contributed by atoms with E-state index in [1.807, 2.05) is 0 Å². The van der Waals surface area contributed by atoms with E-state index >= 15 is 0 Å². The van der Waals surface area contributed by atoms with E-state index in [-0.39, 0.29) is 5.54 Å². The van der Waals surface area contributed by atoms with Crippen LogP contribution in [0.4, 0.5) is 0 Å². The van der Waals surface area contributed by atoms with Crippen molar-refractivity contribution in [3.8, 4) is 0 Å². The Balaban J connectivity index is 1.76. The van der Waals surface area contributed by atoms with Gasteiger partial charge < -0.3 is 5.32 Å². The first-order chi connectivity index (χ1) is 10.1. The molecule has 0 spiro atoms. The van der Waals surface area contributed by atoms with Gasteiger partial charge in [0.25, 0.3) is 0 Å². The molecule has 0 radical (unpaired) electrons. The lowest BCUT2D eigenvalue weighted by Crippen LogP contribution is -2.62. The summed E-state index contributed by atoms with van der Waals surface area (Å²) in [6.07, 6.45) is 7.94. The fourth-order valence-electron chi connectivity index (χ4n) is 3.22. The van der Waals surface area contributed by atoms with Gasteiger partial charge in [-0.25, -0.2) is 4.98 Å². The van der Waals surface area contributed by atoms with Gasteiger partial charge in [0.05, 0.1) is 5.69 Å². The van der Waals surface area contributed by atoms with Crippen molar-refractivity contribution >= 4 is 16.3 Å². The summed E-state index contributed by atoms with van der Waals surface area (Å²) >= 11 is 1.71. The Kier molecular flexibility index (Phi) is 4.33. The molecule has 116 valence electrons. The van der Waals surface area contributed by atoms with Gasteiger partial charge in [0.1, 0.15) is 0 Å². The highest BCUT2D eigenvalue weighted by molar-refractivity contribution is 7.15. The minimum atomic E-state index is 0.237. The molecule has 0 aliphatic carbocycles.